The summed E-state index contributed by atoms with van der Waals surface area (Å²) in [6, 6.07) is 5.90. The molecule has 4 nitrogen and oxygen atoms in total. The highest BCUT2D eigenvalue weighted by molar-refractivity contribution is 5.89. The first-order valence-corrected chi connectivity index (χ1v) is 7.69. The second-order valence-corrected chi connectivity index (χ2v) is 6.18. The quantitative estimate of drug-likeness (QED) is 0.831. The van der Waals surface area contributed by atoms with Crippen LogP contribution in [0.5, 0.6) is 0 Å². The van der Waals surface area contributed by atoms with Crippen molar-refractivity contribution in [2.45, 2.75) is 25.7 Å². The predicted octanol–water partition coefficient (Wildman–Crippen LogP) is 3.25. The van der Waals surface area contributed by atoms with Gasteiger partial charge in [-0.15, -0.1) is 12.4 Å². The molecule has 2 aliphatic rings. The molecular formula is C16H23ClFN3O. The number of anilines is 1. The van der Waals surface area contributed by atoms with Crippen molar-refractivity contribution in [3.05, 3.63) is 30.1 Å². The zero-order chi connectivity index (χ0) is 14.7. The molecule has 2 N–H and O–H groups in total. The molecular weight excluding hydrogens is 305 g/mol. The first kappa shape index (κ1) is 17.0. The minimum absolute atomic E-state index is 0. The third-order valence-corrected chi connectivity index (χ3v) is 4.85. The van der Waals surface area contributed by atoms with E-state index >= 15 is 0 Å². The van der Waals surface area contributed by atoms with Gasteiger partial charge in [-0.05, 0) is 62.4 Å². The summed E-state index contributed by atoms with van der Waals surface area (Å²) in [4.78, 5) is 14.1. The molecule has 2 saturated heterocycles. The van der Waals surface area contributed by atoms with Crippen molar-refractivity contribution < 1.29 is 9.18 Å². The monoisotopic (exact) mass is 327 g/mol. The minimum Gasteiger partial charge on any atom is -0.324 e. The van der Waals surface area contributed by atoms with Crippen LogP contribution in [-0.4, -0.2) is 37.1 Å². The zero-order valence-electron chi connectivity index (χ0n) is 12.6. The van der Waals surface area contributed by atoms with E-state index in [1.165, 1.54) is 25.0 Å². The first-order chi connectivity index (χ1) is 10.2. The van der Waals surface area contributed by atoms with Gasteiger partial charge in [0.2, 0.25) is 0 Å². The van der Waals surface area contributed by atoms with E-state index in [4.69, 9.17) is 0 Å². The molecule has 0 aromatic heterocycles. The lowest BCUT2D eigenvalue weighted by Gasteiger charge is -2.44. The van der Waals surface area contributed by atoms with E-state index in [2.05, 4.69) is 10.6 Å². The standard InChI is InChI=1S/C16H22FN3O.ClH/c17-13-2-1-3-14(12-13)19-15(21)20-10-6-16(7-11-20)4-8-18-9-5-16;/h1-3,12,18H,4-11H2,(H,19,21);1H. The van der Waals surface area contributed by atoms with E-state index in [1.54, 1.807) is 12.1 Å². The number of piperidine rings is 2. The Bertz CT molecular complexity index is 510. The van der Waals surface area contributed by atoms with Gasteiger partial charge in [-0.25, -0.2) is 9.18 Å². The van der Waals surface area contributed by atoms with Gasteiger partial charge in [0.15, 0.2) is 0 Å². The molecule has 2 amide bonds. The van der Waals surface area contributed by atoms with Crippen LogP contribution in [-0.2, 0) is 0 Å². The largest absolute Gasteiger partial charge is 0.324 e. The van der Waals surface area contributed by atoms with Crippen LogP contribution in [0.1, 0.15) is 25.7 Å². The molecule has 3 rings (SSSR count). The van der Waals surface area contributed by atoms with Gasteiger partial charge in [0, 0.05) is 18.8 Å². The number of nitrogens with one attached hydrogen (secondary N) is 2. The molecule has 1 spiro atoms. The lowest BCUT2D eigenvalue weighted by molar-refractivity contribution is 0.0915. The molecule has 1 aromatic rings. The van der Waals surface area contributed by atoms with Gasteiger partial charge in [0.05, 0.1) is 0 Å². The van der Waals surface area contributed by atoms with E-state index in [9.17, 15) is 9.18 Å². The van der Waals surface area contributed by atoms with Gasteiger partial charge in [-0.1, -0.05) is 6.07 Å². The Kier molecular flexibility index (Phi) is 5.64. The number of rotatable bonds is 1. The number of carbonyl (C=O) groups excluding carboxylic acids is 1. The smallest absolute Gasteiger partial charge is 0.321 e. The van der Waals surface area contributed by atoms with E-state index in [0.29, 0.717) is 11.1 Å². The van der Waals surface area contributed by atoms with Crippen LogP contribution in [0.25, 0.3) is 0 Å². The molecule has 2 fully saturated rings. The third-order valence-electron chi connectivity index (χ3n) is 4.85. The number of nitrogens with zero attached hydrogens (tertiary/aromatic N) is 1. The van der Waals surface area contributed by atoms with Crippen LogP contribution >= 0.6 is 12.4 Å². The minimum atomic E-state index is -0.333. The Morgan fingerprint density at radius 1 is 1.18 bits per heavy atom. The van der Waals surface area contributed by atoms with E-state index in [-0.39, 0.29) is 24.3 Å². The summed E-state index contributed by atoms with van der Waals surface area (Å²) in [6.07, 6.45) is 4.58. The number of amides is 2. The molecule has 22 heavy (non-hydrogen) atoms. The van der Waals surface area contributed by atoms with Crippen LogP contribution in [0.3, 0.4) is 0 Å². The molecule has 2 heterocycles. The highest BCUT2D eigenvalue weighted by atomic mass is 35.5. The summed E-state index contributed by atoms with van der Waals surface area (Å²) in [6.45, 7) is 3.77. The fourth-order valence-corrected chi connectivity index (χ4v) is 3.41. The van der Waals surface area contributed by atoms with Crippen molar-refractivity contribution >= 4 is 24.1 Å². The van der Waals surface area contributed by atoms with Gasteiger partial charge < -0.3 is 15.5 Å². The normalized spacial score (nSPS) is 20.3. The van der Waals surface area contributed by atoms with Gasteiger partial charge in [-0.2, -0.15) is 0 Å². The molecule has 0 unspecified atom stereocenters. The van der Waals surface area contributed by atoms with Crippen molar-refractivity contribution in [3.8, 4) is 0 Å². The first-order valence-electron chi connectivity index (χ1n) is 7.69. The third kappa shape index (κ3) is 3.90. The average Bonchev–Trinajstić information content (AvgIpc) is 2.49. The number of urea groups is 1. The predicted molar refractivity (Wildman–Crippen MR) is 88.0 cm³/mol. The summed E-state index contributed by atoms with van der Waals surface area (Å²) < 4.78 is 13.1. The Labute approximate surface area is 136 Å². The summed E-state index contributed by atoms with van der Waals surface area (Å²) >= 11 is 0. The van der Waals surface area contributed by atoms with E-state index in [1.807, 2.05) is 4.90 Å². The lowest BCUT2D eigenvalue weighted by atomic mass is 9.72. The molecule has 122 valence electrons. The average molecular weight is 328 g/mol. The summed E-state index contributed by atoms with van der Waals surface area (Å²) in [5, 5.41) is 6.18. The second kappa shape index (κ2) is 7.29. The maximum atomic E-state index is 13.1. The SMILES string of the molecule is Cl.O=C(Nc1cccc(F)c1)N1CCC2(CCNCC2)CC1. The molecule has 6 heteroatoms. The molecule has 1 aromatic carbocycles. The number of halogens is 2. The fraction of sp³-hybridized carbons (Fsp3) is 0.562. The van der Waals surface area contributed by atoms with Crippen LogP contribution < -0.4 is 10.6 Å². The zero-order valence-corrected chi connectivity index (χ0v) is 13.4. The van der Waals surface area contributed by atoms with E-state index < -0.39 is 0 Å². The molecule has 0 saturated carbocycles. The van der Waals surface area contributed by atoms with Crippen LogP contribution in [0.2, 0.25) is 0 Å². The van der Waals surface area contributed by atoms with Gasteiger partial charge in [0.25, 0.3) is 0 Å². The topological polar surface area (TPSA) is 44.4 Å². The van der Waals surface area contributed by atoms with E-state index in [0.717, 1.165) is 39.0 Å². The van der Waals surface area contributed by atoms with Crippen LogP contribution in [0, 0.1) is 11.2 Å². The van der Waals surface area contributed by atoms with Gasteiger partial charge in [-0.3, -0.25) is 0 Å². The van der Waals surface area contributed by atoms with Crippen molar-refractivity contribution in [2.75, 3.05) is 31.5 Å². The second-order valence-electron chi connectivity index (χ2n) is 6.18. The Morgan fingerprint density at radius 2 is 1.86 bits per heavy atom. The molecule has 0 aliphatic carbocycles. The maximum absolute atomic E-state index is 13.1. The lowest BCUT2D eigenvalue weighted by Crippen LogP contribution is -2.48. The van der Waals surface area contributed by atoms with Crippen molar-refractivity contribution in [2.24, 2.45) is 5.41 Å². The van der Waals surface area contributed by atoms with Gasteiger partial charge in [0.1, 0.15) is 5.82 Å². The highest BCUT2D eigenvalue weighted by Crippen LogP contribution is 2.39. The van der Waals surface area contributed by atoms with Crippen molar-refractivity contribution in [3.63, 3.8) is 0 Å². The molecule has 0 radical (unpaired) electrons. The molecule has 0 atom stereocenters. The summed E-state index contributed by atoms with van der Waals surface area (Å²) in [5.74, 6) is -0.333. The van der Waals surface area contributed by atoms with Crippen LogP contribution in [0.15, 0.2) is 24.3 Å². The fourth-order valence-electron chi connectivity index (χ4n) is 3.41. The van der Waals surface area contributed by atoms with Crippen LogP contribution in [0.4, 0.5) is 14.9 Å². The number of benzene rings is 1. The number of carbonyl (C=O) groups is 1. The Hall–Kier alpha value is -1.33. The highest BCUT2D eigenvalue weighted by Gasteiger charge is 2.36. The number of hydrogen-bond acceptors (Lipinski definition) is 2. The van der Waals surface area contributed by atoms with Crippen molar-refractivity contribution in [1.82, 2.24) is 10.2 Å². The summed E-state index contributed by atoms with van der Waals surface area (Å²) in [7, 11) is 0. The maximum Gasteiger partial charge on any atom is 0.321 e. The van der Waals surface area contributed by atoms with Crippen molar-refractivity contribution in [1.29, 1.82) is 0 Å². The molecule has 0 bridgehead atoms. The number of likely N-dealkylation sites (tertiary alicyclic amines) is 1. The molecule has 2 aliphatic heterocycles. The van der Waals surface area contributed by atoms with Gasteiger partial charge >= 0.3 is 6.03 Å². The number of hydrogen-bond donors (Lipinski definition) is 2. The Balaban J connectivity index is 0.00000176. The summed E-state index contributed by atoms with van der Waals surface area (Å²) in [5.41, 5.74) is 0.947. The Morgan fingerprint density at radius 3 is 2.50 bits per heavy atom.